The van der Waals surface area contributed by atoms with E-state index in [4.69, 9.17) is 15.9 Å². The van der Waals surface area contributed by atoms with E-state index < -0.39 is 11.6 Å². The van der Waals surface area contributed by atoms with Crippen molar-refractivity contribution in [3.05, 3.63) is 24.3 Å². The van der Waals surface area contributed by atoms with Crippen molar-refractivity contribution in [3.8, 4) is 0 Å². The highest BCUT2D eigenvalue weighted by molar-refractivity contribution is 6.35. The van der Waals surface area contributed by atoms with Crippen molar-refractivity contribution in [2.24, 2.45) is 0 Å². The number of carbonyl (C=O) groups excluding carboxylic acids is 1. The van der Waals surface area contributed by atoms with E-state index in [0.717, 1.165) is 5.69 Å². The summed E-state index contributed by atoms with van der Waals surface area (Å²) in [4.78, 5) is 11.7. The van der Waals surface area contributed by atoms with Gasteiger partial charge >= 0.3 is 5.97 Å². The lowest BCUT2D eigenvalue weighted by Gasteiger charge is -2.21. The number of anilines is 2. The molecular formula is C15H23N3O2. The van der Waals surface area contributed by atoms with Crippen molar-refractivity contribution in [3.63, 3.8) is 0 Å². The third kappa shape index (κ3) is 5.73. The Morgan fingerprint density at radius 2 is 1.90 bits per heavy atom. The van der Waals surface area contributed by atoms with Gasteiger partial charge in [0, 0.05) is 23.8 Å². The van der Waals surface area contributed by atoms with Crippen LogP contribution in [0.15, 0.2) is 24.3 Å². The molecule has 0 aromatic heterocycles. The number of nitrogens with two attached hydrogens (primary N) is 1. The van der Waals surface area contributed by atoms with Crippen LogP contribution in [0.5, 0.6) is 0 Å². The fourth-order valence-corrected chi connectivity index (χ4v) is 1.64. The summed E-state index contributed by atoms with van der Waals surface area (Å²) in [5, 5.41) is 11.0. The van der Waals surface area contributed by atoms with Crippen molar-refractivity contribution >= 4 is 23.1 Å². The molecule has 110 valence electrons. The summed E-state index contributed by atoms with van der Waals surface area (Å²) in [6.07, 6.45) is 0.305. The van der Waals surface area contributed by atoms with Gasteiger partial charge in [0.25, 0.3) is 0 Å². The molecule has 0 saturated heterocycles. The minimum atomic E-state index is -0.572. The molecule has 0 aliphatic rings. The summed E-state index contributed by atoms with van der Waals surface area (Å²) in [5.41, 5.74) is 6.61. The molecule has 20 heavy (non-hydrogen) atoms. The minimum absolute atomic E-state index is 0.0321. The van der Waals surface area contributed by atoms with Crippen LogP contribution in [-0.2, 0) is 9.53 Å². The third-order valence-corrected chi connectivity index (χ3v) is 2.48. The Balaban J connectivity index is 2.49. The van der Waals surface area contributed by atoms with Gasteiger partial charge in [-0.15, -0.1) is 0 Å². The van der Waals surface area contributed by atoms with Crippen LogP contribution in [-0.4, -0.2) is 23.3 Å². The highest BCUT2D eigenvalue weighted by Gasteiger charge is 2.21. The maximum atomic E-state index is 11.7. The quantitative estimate of drug-likeness (QED) is 0.438. The fourth-order valence-electron chi connectivity index (χ4n) is 1.64. The Morgan fingerprint density at radius 3 is 2.40 bits per heavy atom. The first kappa shape index (κ1) is 16.0. The molecule has 0 spiro atoms. The second-order valence-electron chi connectivity index (χ2n) is 5.85. The van der Waals surface area contributed by atoms with Crippen molar-refractivity contribution in [2.75, 3.05) is 11.1 Å². The van der Waals surface area contributed by atoms with Crippen molar-refractivity contribution in [1.29, 1.82) is 5.41 Å². The number of nitrogens with one attached hydrogen (secondary N) is 2. The molecule has 4 N–H and O–H groups in total. The maximum absolute atomic E-state index is 11.7. The standard InChI is InChI=1S/C15H23N3O2/c1-10(18-12-7-5-11(16)6-8-12)9-13(17)14(19)20-15(2,3)4/h5-8,10,17-18H,9,16H2,1-4H3/t10-/m0/s1. The van der Waals surface area contributed by atoms with Gasteiger partial charge in [-0.3, -0.25) is 5.41 Å². The second kappa shape index (κ2) is 6.41. The van der Waals surface area contributed by atoms with Gasteiger partial charge in [-0.2, -0.15) is 0 Å². The van der Waals surface area contributed by atoms with E-state index in [2.05, 4.69) is 5.32 Å². The summed E-state index contributed by atoms with van der Waals surface area (Å²) in [6.45, 7) is 7.27. The Hall–Kier alpha value is -2.04. The molecule has 0 fully saturated rings. The number of carbonyl (C=O) groups is 1. The lowest BCUT2D eigenvalue weighted by molar-refractivity contribution is -0.146. The smallest absolute Gasteiger partial charge is 0.352 e. The van der Waals surface area contributed by atoms with E-state index in [1.807, 2.05) is 19.1 Å². The van der Waals surface area contributed by atoms with Crippen LogP contribution in [0.2, 0.25) is 0 Å². The highest BCUT2D eigenvalue weighted by atomic mass is 16.6. The first-order valence-corrected chi connectivity index (χ1v) is 6.60. The van der Waals surface area contributed by atoms with Gasteiger partial charge < -0.3 is 15.8 Å². The van der Waals surface area contributed by atoms with E-state index in [1.165, 1.54) is 0 Å². The van der Waals surface area contributed by atoms with Crippen molar-refractivity contribution in [2.45, 2.75) is 45.8 Å². The molecule has 5 heteroatoms. The normalized spacial score (nSPS) is 12.6. The van der Waals surface area contributed by atoms with Crippen LogP contribution in [0, 0.1) is 5.41 Å². The molecule has 0 saturated carbocycles. The van der Waals surface area contributed by atoms with Gasteiger partial charge in [0.2, 0.25) is 0 Å². The van der Waals surface area contributed by atoms with Crippen LogP contribution in [0.4, 0.5) is 11.4 Å². The van der Waals surface area contributed by atoms with E-state index in [0.29, 0.717) is 12.1 Å². The largest absolute Gasteiger partial charge is 0.456 e. The molecule has 0 amide bonds. The SMILES string of the molecule is C[C@@H](CC(=N)C(=O)OC(C)(C)C)Nc1ccc(N)cc1. The maximum Gasteiger partial charge on any atom is 0.352 e. The van der Waals surface area contributed by atoms with Gasteiger partial charge in [0.15, 0.2) is 0 Å². The lowest BCUT2D eigenvalue weighted by atomic mass is 10.1. The highest BCUT2D eigenvalue weighted by Crippen LogP contribution is 2.14. The van der Waals surface area contributed by atoms with Gasteiger partial charge in [0.05, 0.1) is 0 Å². The van der Waals surface area contributed by atoms with E-state index in [1.54, 1.807) is 32.9 Å². The number of rotatable bonds is 5. The summed E-state index contributed by atoms with van der Waals surface area (Å²) in [6, 6.07) is 7.28. The average molecular weight is 277 g/mol. The van der Waals surface area contributed by atoms with Gasteiger partial charge in [-0.25, -0.2) is 4.79 Å². The van der Waals surface area contributed by atoms with Crippen LogP contribution in [0.3, 0.4) is 0 Å². The van der Waals surface area contributed by atoms with E-state index in [-0.39, 0.29) is 11.8 Å². The molecule has 0 aliphatic heterocycles. The van der Waals surface area contributed by atoms with Gasteiger partial charge in [0.1, 0.15) is 11.3 Å². The first-order valence-electron chi connectivity index (χ1n) is 6.60. The monoisotopic (exact) mass is 277 g/mol. The zero-order chi connectivity index (χ0) is 15.3. The Labute approximate surface area is 120 Å². The van der Waals surface area contributed by atoms with Crippen molar-refractivity contribution in [1.82, 2.24) is 0 Å². The molecular weight excluding hydrogens is 254 g/mol. The predicted octanol–water partition coefficient (Wildman–Crippen LogP) is 2.82. The number of esters is 1. The van der Waals surface area contributed by atoms with Crippen LogP contribution in [0.25, 0.3) is 0 Å². The number of benzene rings is 1. The zero-order valence-corrected chi connectivity index (χ0v) is 12.5. The molecule has 0 heterocycles. The number of ether oxygens (including phenoxy) is 1. The summed E-state index contributed by atoms with van der Waals surface area (Å²) < 4.78 is 5.16. The first-order chi connectivity index (χ1) is 9.17. The van der Waals surface area contributed by atoms with Gasteiger partial charge in [-0.05, 0) is 52.0 Å². The summed E-state index contributed by atoms with van der Waals surface area (Å²) in [5.74, 6) is -0.566. The Morgan fingerprint density at radius 1 is 1.35 bits per heavy atom. The molecule has 0 unspecified atom stereocenters. The average Bonchev–Trinajstić information content (AvgIpc) is 2.29. The predicted molar refractivity (Wildman–Crippen MR) is 82.1 cm³/mol. The van der Waals surface area contributed by atoms with E-state index >= 15 is 0 Å². The lowest BCUT2D eigenvalue weighted by Crippen LogP contribution is -2.31. The molecule has 1 atom stereocenters. The Kier molecular flexibility index (Phi) is 5.13. The fraction of sp³-hybridized carbons (Fsp3) is 0.467. The molecule has 0 radical (unpaired) electrons. The molecule has 0 aliphatic carbocycles. The topological polar surface area (TPSA) is 88.2 Å². The number of nitrogen functional groups attached to an aromatic ring is 1. The minimum Gasteiger partial charge on any atom is -0.456 e. The molecule has 5 nitrogen and oxygen atoms in total. The summed E-state index contributed by atoms with van der Waals surface area (Å²) in [7, 11) is 0. The Bertz CT molecular complexity index is 475. The van der Waals surface area contributed by atoms with Crippen LogP contribution >= 0.6 is 0 Å². The third-order valence-electron chi connectivity index (χ3n) is 2.48. The van der Waals surface area contributed by atoms with Crippen molar-refractivity contribution < 1.29 is 9.53 Å². The molecule has 1 aromatic carbocycles. The molecule has 0 bridgehead atoms. The molecule has 1 rings (SSSR count). The zero-order valence-electron chi connectivity index (χ0n) is 12.5. The summed E-state index contributed by atoms with van der Waals surface area (Å²) >= 11 is 0. The molecule has 1 aromatic rings. The number of hydrogen-bond donors (Lipinski definition) is 3. The van der Waals surface area contributed by atoms with E-state index in [9.17, 15) is 4.79 Å². The van der Waals surface area contributed by atoms with Gasteiger partial charge in [-0.1, -0.05) is 0 Å². The van der Waals surface area contributed by atoms with Crippen LogP contribution in [0.1, 0.15) is 34.1 Å². The van der Waals surface area contributed by atoms with Crippen LogP contribution < -0.4 is 11.1 Å². The number of hydrogen-bond acceptors (Lipinski definition) is 5. The second-order valence-corrected chi connectivity index (χ2v) is 5.85.